The Morgan fingerprint density at radius 3 is 2.13 bits per heavy atom. The molecule has 0 aliphatic heterocycles. The number of carbonyl (C=O) groups is 1. The summed E-state index contributed by atoms with van der Waals surface area (Å²) < 4.78 is 10.5. The highest BCUT2D eigenvalue weighted by molar-refractivity contribution is 5.59. The molecule has 0 aliphatic carbocycles. The molecule has 0 aromatic heterocycles. The summed E-state index contributed by atoms with van der Waals surface area (Å²) in [5.74, 6) is 1.56. The van der Waals surface area contributed by atoms with Gasteiger partial charge in [-0.15, -0.1) is 0 Å². The summed E-state index contributed by atoms with van der Waals surface area (Å²) in [6.45, 7) is 2.05. The molecule has 0 amide bonds. The van der Waals surface area contributed by atoms with E-state index >= 15 is 0 Å². The van der Waals surface area contributed by atoms with Gasteiger partial charge in [0.05, 0.1) is 14.2 Å². The van der Waals surface area contributed by atoms with Crippen molar-refractivity contribution in [3.05, 3.63) is 23.3 Å². The van der Waals surface area contributed by atoms with Gasteiger partial charge in [0.2, 0.25) is 0 Å². The van der Waals surface area contributed by atoms with E-state index < -0.39 is 0 Å². The Morgan fingerprint density at radius 2 is 1.67 bits per heavy atom. The fourth-order valence-corrected chi connectivity index (χ4v) is 1.55. The van der Waals surface area contributed by atoms with Gasteiger partial charge in [0.25, 0.3) is 0 Å². The Hall–Kier alpha value is -1.51. The SMILES string of the molecule is CCc1cc(OC)c(CC=O)cc1OC. The van der Waals surface area contributed by atoms with E-state index in [1.54, 1.807) is 14.2 Å². The van der Waals surface area contributed by atoms with Crippen LogP contribution in [0.5, 0.6) is 11.5 Å². The van der Waals surface area contributed by atoms with Crippen LogP contribution in [0.3, 0.4) is 0 Å². The molecule has 0 aliphatic rings. The lowest BCUT2D eigenvalue weighted by Gasteiger charge is -2.12. The fourth-order valence-electron chi connectivity index (χ4n) is 1.55. The molecule has 1 aromatic rings. The minimum absolute atomic E-state index is 0.351. The number of aldehydes is 1. The topological polar surface area (TPSA) is 35.5 Å². The summed E-state index contributed by atoms with van der Waals surface area (Å²) in [5, 5.41) is 0. The number of carbonyl (C=O) groups excluding carboxylic acids is 1. The van der Waals surface area contributed by atoms with Crippen molar-refractivity contribution in [2.75, 3.05) is 14.2 Å². The van der Waals surface area contributed by atoms with E-state index in [0.717, 1.165) is 35.3 Å². The second-order valence-electron chi connectivity index (χ2n) is 3.20. The van der Waals surface area contributed by atoms with Crippen LogP contribution in [0.4, 0.5) is 0 Å². The van der Waals surface area contributed by atoms with Crippen molar-refractivity contribution in [2.24, 2.45) is 0 Å². The molecular formula is C12H16O3. The van der Waals surface area contributed by atoms with E-state index in [1.165, 1.54) is 0 Å². The molecule has 0 bridgehead atoms. The standard InChI is InChI=1S/C12H16O3/c1-4-9-7-12(15-3)10(5-6-13)8-11(9)14-2/h6-8H,4-5H2,1-3H3. The molecule has 0 saturated carbocycles. The number of rotatable bonds is 5. The molecule has 3 nitrogen and oxygen atoms in total. The minimum atomic E-state index is 0.351. The first kappa shape index (κ1) is 11.6. The maximum atomic E-state index is 10.5. The summed E-state index contributed by atoms with van der Waals surface area (Å²) in [5.41, 5.74) is 1.95. The second kappa shape index (κ2) is 5.39. The Morgan fingerprint density at radius 1 is 1.13 bits per heavy atom. The van der Waals surface area contributed by atoms with E-state index in [2.05, 4.69) is 6.92 Å². The van der Waals surface area contributed by atoms with Gasteiger partial charge in [0.15, 0.2) is 0 Å². The van der Waals surface area contributed by atoms with Crippen molar-refractivity contribution in [1.29, 1.82) is 0 Å². The van der Waals surface area contributed by atoms with Gasteiger partial charge in [0.1, 0.15) is 17.8 Å². The van der Waals surface area contributed by atoms with E-state index in [1.807, 2.05) is 12.1 Å². The van der Waals surface area contributed by atoms with Gasteiger partial charge < -0.3 is 14.3 Å². The molecule has 0 unspecified atom stereocenters. The Labute approximate surface area is 90.0 Å². The first-order chi connectivity index (χ1) is 7.26. The van der Waals surface area contributed by atoms with Gasteiger partial charge in [-0.25, -0.2) is 0 Å². The van der Waals surface area contributed by atoms with Crippen molar-refractivity contribution >= 4 is 6.29 Å². The van der Waals surface area contributed by atoms with Gasteiger partial charge in [-0.05, 0) is 24.1 Å². The predicted octanol–water partition coefficient (Wildman–Crippen LogP) is 2.01. The van der Waals surface area contributed by atoms with Crippen LogP contribution in [0.15, 0.2) is 12.1 Å². The molecule has 15 heavy (non-hydrogen) atoms. The number of benzene rings is 1. The van der Waals surface area contributed by atoms with Crippen LogP contribution in [-0.2, 0) is 17.6 Å². The van der Waals surface area contributed by atoms with Crippen molar-refractivity contribution in [3.8, 4) is 11.5 Å². The molecule has 0 radical (unpaired) electrons. The lowest BCUT2D eigenvalue weighted by molar-refractivity contribution is -0.107. The third kappa shape index (κ3) is 2.49. The van der Waals surface area contributed by atoms with Gasteiger partial charge in [-0.2, -0.15) is 0 Å². The predicted molar refractivity (Wildman–Crippen MR) is 58.7 cm³/mol. The number of hydrogen-bond donors (Lipinski definition) is 0. The van der Waals surface area contributed by atoms with E-state index in [9.17, 15) is 4.79 Å². The summed E-state index contributed by atoms with van der Waals surface area (Å²) in [6.07, 6.45) is 2.09. The second-order valence-corrected chi connectivity index (χ2v) is 3.20. The minimum Gasteiger partial charge on any atom is -0.496 e. The maximum Gasteiger partial charge on any atom is 0.124 e. The molecule has 3 heteroatoms. The van der Waals surface area contributed by atoms with E-state index in [0.29, 0.717) is 6.42 Å². The smallest absolute Gasteiger partial charge is 0.124 e. The number of ether oxygens (including phenoxy) is 2. The van der Waals surface area contributed by atoms with Crippen LogP contribution >= 0.6 is 0 Å². The Bertz CT molecular complexity index is 345. The van der Waals surface area contributed by atoms with Gasteiger partial charge in [0, 0.05) is 12.0 Å². The normalized spacial score (nSPS) is 9.80. The Balaban J connectivity index is 3.20. The molecule has 0 atom stereocenters. The lowest BCUT2D eigenvalue weighted by Crippen LogP contribution is -1.98. The molecule has 82 valence electrons. The molecule has 0 spiro atoms. The van der Waals surface area contributed by atoms with Crippen molar-refractivity contribution in [2.45, 2.75) is 19.8 Å². The summed E-state index contributed by atoms with van der Waals surface area (Å²) >= 11 is 0. The zero-order valence-electron chi connectivity index (χ0n) is 9.37. The van der Waals surface area contributed by atoms with Crippen LogP contribution in [-0.4, -0.2) is 20.5 Å². The molecule has 0 N–H and O–H groups in total. The van der Waals surface area contributed by atoms with E-state index in [-0.39, 0.29) is 0 Å². The maximum absolute atomic E-state index is 10.5. The Kier molecular flexibility index (Phi) is 4.16. The third-order valence-electron chi connectivity index (χ3n) is 2.37. The molecule has 0 heterocycles. The highest BCUT2D eigenvalue weighted by Gasteiger charge is 2.09. The number of hydrogen-bond acceptors (Lipinski definition) is 3. The first-order valence-corrected chi connectivity index (χ1v) is 4.94. The van der Waals surface area contributed by atoms with Crippen molar-refractivity contribution < 1.29 is 14.3 Å². The summed E-state index contributed by atoms with van der Waals surface area (Å²) in [7, 11) is 3.24. The van der Waals surface area contributed by atoms with Crippen LogP contribution in [0.1, 0.15) is 18.1 Å². The lowest BCUT2D eigenvalue weighted by atomic mass is 10.0. The first-order valence-electron chi connectivity index (χ1n) is 4.94. The molecular weight excluding hydrogens is 192 g/mol. The largest absolute Gasteiger partial charge is 0.496 e. The number of aryl methyl sites for hydroxylation is 1. The molecule has 1 rings (SSSR count). The van der Waals surface area contributed by atoms with E-state index in [4.69, 9.17) is 9.47 Å². The highest BCUT2D eigenvalue weighted by Crippen LogP contribution is 2.29. The monoisotopic (exact) mass is 208 g/mol. The van der Waals surface area contributed by atoms with Gasteiger partial charge in [-0.1, -0.05) is 6.92 Å². The van der Waals surface area contributed by atoms with Crippen LogP contribution in [0.2, 0.25) is 0 Å². The zero-order chi connectivity index (χ0) is 11.3. The molecule has 0 fully saturated rings. The molecule has 1 aromatic carbocycles. The van der Waals surface area contributed by atoms with Crippen molar-refractivity contribution in [3.63, 3.8) is 0 Å². The average molecular weight is 208 g/mol. The molecule has 0 saturated heterocycles. The van der Waals surface area contributed by atoms with Crippen molar-refractivity contribution in [1.82, 2.24) is 0 Å². The quantitative estimate of drug-likeness (QED) is 0.694. The summed E-state index contributed by atoms with van der Waals surface area (Å²) in [4.78, 5) is 10.5. The fraction of sp³-hybridized carbons (Fsp3) is 0.417. The van der Waals surface area contributed by atoms with Crippen LogP contribution < -0.4 is 9.47 Å². The highest BCUT2D eigenvalue weighted by atomic mass is 16.5. The third-order valence-corrected chi connectivity index (χ3v) is 2.37. The van der Waals surface area contributed by atoms with Crippen LogP contribution in [0.25, 0.3) is 0 Å². The summed E-state index contributed by atoms with van der Waals surface area (Å²) in [6, 6.07) is 3.80. The zero-order valence-corrected chi connectivity index (χ0v) is 9.37. The average Bonchev–Trinajstić information content (AvgIpc) is 2.28. The van der Waals surface area contributed by atoms with Gasteiger partial charge >= 0.3 is 0 Å². The van der Waals surface area contributed by atoms with Crippen LogP contribution in [0, 0.1) is 0 Å². The number of methoxy groups -OCH3 is 2. The van der Waals surface area contributed by atoms with Gasteiger partial charge in [-0.3, -0.25) is 0 Å².